The van der Waals surface area contributed by atoms with Crippen molar-refractivity contribution in [2.24, 2.45) is 0 Å². The van der Waals surface area contributed by atoms with Crippen LogP contribution in [-0.2, 0) is 4.74 Å². The first-order valence-electron chi connectivity index (χ1n) is 6.70. The van der Waals surface area contributed by atoms with Gasteiger partial charge in [-0.2, -0.15) is 0 Å². The van der Waals surface area contributed by atoms with Crippen LogP contribution < -0.4 is 5.56 Å². The number of nitrogens with zero attached hydrogens (tertiary/aromatic N) is 2. The summed E-state index contributed by atoms with van der Waals surface area (Å²) in [4.78, 5) is 17.2. The van der Waals surface area contributed by atoms with Crippen LogP contribution in [0.1, 0.15) is 37.5 Å². The van der Waals surface area contributed by atoms with Gasteiger partial charge < -0.3 is 4.74 Å². The first-order chi connectivity index (χ1) is 9.56. The molecule has 0 saturated heterocycles. The molecule has 4 nitrogen and oxygen atoms in total. The van der Waals surface area contributed by atoms with Crippen molar-refractivity contribution >= 4 is 22.5 Å². The lowest BCUT2D eigenvalue weighted by atomic mass is 10.2. The van der Waals surface area contributed by atoms with Gasteiger partial charge in [-0.25, -0.2) is 4.98 Å². The number of para-hydroxylation sites is 1. The standard InChI is InChI=1S/C15H19ClN2O2/c1-10(8-9-20-3)18-14(11(2)16)17-13-7-5-4-6-12(13)15(18)19/h4-7,10-11H,8-9H2,1-3H3. The van der Waals surface area contributed by atoms with Gasteiger partial charge in [0.25, 0.3) is 5.56 Å². The van der Waals surface area contributed by atoms with Crippen LogP contribution in [0.25, 0.3) is 10.9 Å². The monoisotopic (exact) mass is 294 g/mol. The molecule has 2 atom stereocenters. The van der Waals surface area contributed by atoms with E-state index in [4.69, 9.17) is 16.3 Å². The number of rotatable bonds is 5. The predicted molar refractivity (Wildman–Crippen MR) is 81.5 cm³/mol. The summed E-state index contributed by atoms with van der Waals surface area (Å²) < 4.78 is 6.79. The third-order valence-electron chi connectivity index (χ3n) is 3.37. The fourth-order valence-corrected chi connectivity index (χ4v) is 2.44. The molecule has 2 aromatic rings. The number of aromatic nitrogens is 2. The van der Waals surface area contributed by atoms with Gasteiger partial charge in [0.15, 0.2) is 0 Å². The second-order valence-electron chi connectivity index (χ2n) is 4.91. The van der Waals surface area contributed by atoms with E-state index in [1.807, 2.05) is 32.0 Å². The first-order valence-corrected chi connectivity index (χ1v) is 7.14. The topological polar surface area (TPSA) is 44.1 Å². The summed E-state index contributed by atoms with van der Waals surface area (Å²) in [7, 11) is 1.65. The van der Waals surface area contributed by atoms with E-state index in [1.54, 1.807) is 17.7 Å². The Morgan fingerprint density at radius 3 is 2.70 bits per heavy atom. The van der Waals surface area contributed by atoms with Crippen LogP contribution in [0, 0.1) is 0 Å². The third-order valence-corrected chi connectivity index (χ3v) is 3.57. The van der Waals surface area contributed by atoms with E-state index in [0.717, 1.165) is 6.42 Å². The van der Waals surface area contributed by atoms with Crippen LogP contribution in [0.4, 0.5) is 0 Å². The van der Waals surface area contributed by atoms with E-state index in [9.17, 15) is 4.79 Å². The zero-order valence-corrected chi connectivity index (χ0v) is 12.7. The highest BCUT2D eigenvalue weighted by molar-refractivity contribution is 6.20. The normalized spacial score (nSPS) is 14.4. The molecule has 0 N–H and O–H groups in total. The molecular formula is C15H19ClN2O2. The smallest absolute Gasteiger partial charge is 0.261 e. The Morgan fingerprint density at radius 1 is 1.35 bits per heavy atom. The minimum Gasteiger partial charge on any atom is -0.385 e. The van der Waals surface area contributed by atoms with Gasteiger partial charge >= 0.3 is 0 Å². The lowest BCUT2D eigenvalue weighted by Crippen LogP contribution is -2.29. The largest absolute Gasteiger partial charge is 0.385 e. The maximum atomic E-state index is 12.7. The molecule has 0 bridgehead atoms. The summed E-state index contributed by atoms with van der Waals surface area (Å²) >= 11 is 6.21. The summed E-state index contributed by atoms with van der Waals surface area (Å²) in [6.07, 6.45) is 0.743. The van der Waals surface area contributed by atoms with E-state index in [0.29, 0.717) is 23.3 Å². The fourth-order valence-electron chi connectivity index (χ4n) is 2.29. The predicted octanol–water partition coefficient (Wildman–Crippen LogP) is 3.29. The van der Waals surface area contributed by atoms with Gasteiger partial charge in [-0.3, -0.25) is 9.36 Å². The van der Waals surface area contributed by atoms with Gasteiger partial charge in [-0.1, -0.05) is 12.1 Å². The molecule has 1 heterocycles. The van der Waals surface area contributed by atoms with Gasteiger partial charge in [-0.15, -0.1) is 11.6 Å². The molecule has 1 aromatic carbocycles. The first kappa shape index (κ1) is 15.0. The Morgan fingerprint density at radius 2 is 2.05 bits per heavy atom. The molecule has 0 aliphatic rings. The average Bonchev–Trinajstić information content (AvgIpc) is 2.44. The second-order valence-corrected chi connectivity index (χ2v) is 5.56. The average molecular weight is 295 g/mol. The van der Waals surface area contributed by atoms with Crippen molar-refractivity contribution in [1.82, 2.24) is 9.55 Å². The quantitative estimate of drug-likeness (QED) is 0.795. The van der Waals surface area contributed by atoms with Crippen LogP contribution >= 0.6 is 11.6 Å². The molecule has 0 fully saturated rings. The molecule has 2 rings (SSSR count). The highest BCUT2D eigenvalue weighted by Crippen LogP contribution is 2.22. The van der Waals surface area contributed by atoms with Crippen molar-refractivity contribution in [3.8, 4) is 0 Å². The number of hydrogen-bond donors (Lipinski definition) is 0. The van der Waals surface area contributed by atoms with Gasteiger partial charge in [0.05, 0.1) is 16.3 Å². The summed E-state index contributed by atoms with van der Waals surface area (Å²) in [6, 6.07) is 7.35. The molecule has 0 radical (unpaired) electrons. The molecule has 0 aliphatic heterocycles. The number of ether oxygens (including phenoxy) is 1. The molecule has 2 unspecified atom stereocenters. The number of alkyl halides is 1. The van der Waals surface area contributed by atoms with Gasteiger partial charge in [-0.05, 0) is 32.4 Å². The summed E-state index contributed by atoms with van der Waals surface area (Å²) in [5.41, 5.74) is 0.650. The second kappa shape index (κ2) is 6.37. The minimum atomic E-state index is -0.322. The number of hydrogen-bond acceptors (Lipinski definition) is 3. The third kappa shape index (κ3) is 2.86. The zero-order valence-electron chi connectivity index (χ0n) is 12.0. The lowest BCUT2D eigenvalue weighted by molar-refractivity contribution is 0.179. The van der Waals surface area contributed by atoms with E-state index in [-0.39, 0.29) is 17.0 Å². The van der Waals surface area contributed by atoms with Crippen molar-refractivity contribution in [2.45, 2.75) is 31.7 Å². The van der Waals surface area contributed by atoms with E-state index >= 15 is 0 Å². The Kier molecular flexibility index (Phi) is 4.78. The molecular weight excluding hydrogens is 276 g/mol. The highest BCUT2D eigenvalue weighted by Gasteiger charge is 2.18. The van der Waals surface area contributed by atoms with Crippen molar-refractivity contribution in [2.75, 3.05) is 13.7 Å². The van der Waals surface area contributed by atoms with E-state index in [1.165, 1.54) is 0 Å². The van der Waals surface area contributed by atoms with Crippen molar-refractivity contribution in [1.29, 1.82) is 0 Å². The summed E-state index contributed by atoms with van der Waals surface area (Å²) in [5, 5.41) is 0.301. The number of benzene rings is 1. The molecule has 5 heteroatoms. The van der Waals surface area contributed by atoms with Crippen LogP contribution in [0.3, 0.4) is 0 Å². The Hall–Kier alpha value is -1.39. The SMILES string of the molecule is COCCC(C)n1c(C(C)Cl)nc2ccccc2c1=O. The molecule has 1 aromatic heterocycles. The molecule has 20 heavy (non-hydrogen) atoms. The maximum absolute atomic E-state index is 12.7. The summed E-state index contributed by atoms with van der Waals surface area (Å²) in [6.45, 7) is 4.41. The highest BCUT2D eigenvalue weighted by atomic mass is 35.5. The van der Waals surface area contributed by atoms with Crippen LogP contribution in [0.2, 0.25) is 0 Å². The Bertz CT molecular complexity index is 652. The van der Waals surface area contributed by atoms with Gasteiger partial charge in [0.2, 0.25) is 0 Å². The maximum Gasteiger partial charge on any atom is 0.261 e. The van der Waals surface area contributed by atoms with E-state index in [2.05, 4.69) is 4.98 Å². The minimum absolute atomic E-state index is 0.00393. The summed E-state index contributed by atoms with van der Waals surface area (Å²) in [5.74, 6) is 0.610. The molecule has 0 spiro atoms. The van der Waals surface area contributed by atoms with Crippen LogP contribution in [0.5, 0.6) is 0 Å². The Balaban J connectivity index is 2.63. The fraction of sp³-hybridized carbons (Fsp3) is 0.467. The number of methoxy groups -OCH3 is 1. The zero-order chi connectivity index (χ0) is 14.7. The van der Waals surface area contributed by atoms with Crippen LogP contribution in [-0.4, -0.2) is 23.3 Å². The number of fused-ring (bicyclic) bond motifs is 1. The Labute approximate surface area is 123 Å². The molecule has 0 amide bonds. The van der Waals surface area contributed by atoms with Gasteiger partial charge in [0.1, 0.15) is 5.82 Å². The van der Waals surface area contributed by atoms with Gasteiger partial charge in [0, 0.05) is 19.8 Å². The molecule has 108 valence electrons. The lowest BCUT2D eigenvalue weighted by Gasteiger charge is -2.20. The molecule has 0 saturated carbocycles. The van der Waals surface area contributed by atoms with Crippen molar-refractivity contribution in [3.63, 3.8) is 0 Å². The molecule has 0 aliphatic carbocycles. The van der Waals surface area contributed by atoms with E-state index < -0.39 is 0 Å². The van der Waals surface area contributed by atoms with Crippen LogP contribution in [0.15, 0.2) is 29.1 Å². The number of halogens is 1. The van der Waals surface area contributed by atoms with Crippen molar-refractivity contribution < 1.29 is 4.74 Å². The van der Waals surface area contributed by atoms with Crippen molar-refractivity contribution in [3.05, 3.63) is 40.4 Å².